The van der Waals surface area contributed by atoms with Crippen LogP contribution in [0.25, 0.3) is 22.3 Å². The Balaban J connectivity index is 1.23. The van der Waals surface area contributed by atoms with Crippen molar-refractivity contribution in [2.24, 2.45) is 0 Å². The molecule has 1 saturated heterocycles. The van der Waals surface area contributed by atoms with Gasteiger partial charge >= 0.3 is 0 Å². The number of hydrogen-bond acceptors (Lipinski definition) is 5. The van der Waals surface area contributed by atoms with Gasteiger partial charge in [0.25, 0.3) is 11.8 Å². The number of tetrazole rings is 1. The first-order chi connectivity index (χ1) is 15.1. The molecule has 2 aromatic heterocycles. The number of carbonyl (C=O) groups is 2. The summed E-state index contributed by atoms with van der Waals surface area (Å²) in [4.78, 5) is 32.5. The lowest BCUT2D eigenvalue weighted by molar-refractivity contribution is 0.0533. The third kappa shape index (κ3) is 3.81. The Morgan fingerprint density at radius 3 is 2.29 bits per heavy atom. The maximum Gasteiger partial charge on any atom is 0.270 e. The lowest BCUT2D eigenvalue weighted by Crippen LogP contribution is -2.50. The molecule has 1 fully saturated rings. The summed E-state index contributed by atoms with van der Waals surface area (Å²) in [6.45, 7) is 1.96. The minimum Gasteiger partial charge on any atom is -0.350 e. The zero-order valence-corrected chi connectivity index (χ0v) is 18.0. The number of fused-ring (bicyclic) bond motifs is 1. The summed E-state index contributed by atoms with van der Waals surface area (Å²) in [5.41, 5.74) is 2.85. The molecule has 2 amide bonds. The van der Waals surface area contributed by atoms with Crippen LogP contribution in [0.5, 0.6) is 0 Å². The molecule has 10 heteroatoms. The minimum atomic E-state index is -0.0535. The highest BCUT2D eigenvalue weighted by molar-refractivity contribution is 9.10. The van der Waals surface area contributed by atoms with Gasteiger partial charge in [0.2, 0.25) is 5.82 Å². The first kappa shape index (κ1) is 19.4. The number of hydrogen-bond donors (Lipinski definition) is 2. The van der Waals surface area contributed by atoms with Gasteiger partial charge in [-0.1, -0.05) is 34.1 Å². The van der Waals surface area contributed by atoms with Crippen LogP contribution in [-0.4, -0.2) is 73.4 Å². The number of amides is 2. The molecule has 0 bridgehead atoms. The second-order valence-corrected chi connectivity index (χ2v) is 8.23. The van der Waals surface area contributed by atoms with Gasteiger partial charge in [0, 0.05) is 52.7 Å². The summed E-state index contributed by atoms with van der Waals surface area (Å²) < 4.78 is 0.957. The van der Waals surface area contributed by atoms with E-state index in [0.717, 1.165) is 20.9 Å². The van der Waals surface area contributed by atoms with Gasteiger partial charge in [-0.15, -0.1) is 10.2 Å². The molecule has 4 aromatic rings. The molecule has 0 spiro atoms. The number of rotatable bonds is 3. The predicted octanol–water partition coefficient (Wildman–Crippen LogP) is 2.71. The molecule has 0 unspecified atom stereocenters. The van der Waals surface area contributed by atoms with Gasteiger partial charge in [-0.05, 0) is 35.5 Å². The van der Waals surface area contributed by atoms with E-state index in [4.69, 9.17) is 0 Å². The molecule has 5 rings (SSSR count). The number of carbonyl (C=O) groups excluding carboxylic acids is 2. The second-order valence-electron chi connectivity index (χ2n) is 7.31. The molecule has 0 atom stereocenters. The van der Waals surface area contributed by atoms with Gasteiger partial charge < -0.3 is 14.8 Å². The first-order valence-corrected chi connectivity index (χ1v) is 10.6. The molecule has 1 aliphatic rings. The van der Waals surface area contributed by atoms with Gasteiger partial charge in [-0.3, -0.25) is 9.59 Å². The SMILES string of the molecule is O=C(c1ccc(-c2nn[nH]n2)cc1)N1CCN(C(=O)c2cc3ccc(Br)cc3[nH]2)CC1. The average Bonchev–Trinajstić information content (AvgIpc) is 3.48. The monoisotopic (exact) mass is 479 g/mol. The first-order valence-electron chi connectivity index (χ1n) is 9.79. The van der Waals surface area contributed by atoms with Crippen molar-refractivity contribution in [1.82, 2.24) is 35.4 Å². The van der Waals surface area contributed by atoms with Crippen LogP contribution in [0, 0.1) is 0 Å². The van der Waals surface area contributed by atoms with Crippen molar-refractivity contribution in [3.8, 4) is 11.4 Å². The molecule has 0 aliphatic carbocycles. The molecule has 156 valence electrons. The molecule has 3 heterocycles. The third-order valence-corrected chi connectivity index (χ3v) is 5.90. The largest absolute Gasteiger partial charge is 0.350 e. The number of aromatic amines is 2. The van der Waals surface area contributed by atoms with Crippen molar-refractivity contribution in [3.05, 3.63) is 64.3 Å². The van der Waals surface area contributed by atoms with E-state index in [0.29, 0.717) is 43.3 Å². The Kier molecular flexibility index (Phi) is 4.99. The highest BCUT2D eigenvalue weighted by Gasteiger charge is 2.26. The summed E-state index contributed by atoms with van der Waals surface area (Å²) in [5.74, 6) is 0.376. The lowest BCUT2D eigenvalue weighted by atomic mass is 10.1. The van der Waals surface area contributed by atoms with Crippen molar-refractivity contribution >= 4 is 38.6 Å². The molecule has 0 radical (unpaired) electrons. The Hall–Kier alpha value is -3.53. The maximum absolute atomic E-state index is 12.9. The van der Waals surface area contributed by atoms with Crippen molar-refractivity contribution in [3.63, 3.8) is 0 Å². The van der Waals surface area contributed by atoms with E-state index in [2.05, 4.69) is 41.5 Å². The van der Waals surface area contributed by atoms with Gasteiger partial charge in [0.1, 0.15) is 5.69 Å². The van der Waals surface area contributed by atoms with Crippen LogP contribution < -0.4 is 0 Å². The highest BCUT2D eigenvalue weighted by atomic mass is 79.9. The molecule has 2 N–H and O–H groups in total. The van der Waals surface area contributed by atoms with Crippen molar-refractivity contribution in [1.29, 1.82) is 0 Å². The van der Waals surface area contributed by atoms with Crippen LogP contribution >= 0.6 is 15.9 Å². The van der Waals surface area contributed by atoms with E-state index in [9.17, 15) is 9.59 Å². The van der Waals surface area contributed by atoms with E-state index in [1.54, 1.807) is 34.1 Å². The maximum atomic E-state index is 12.9. The Morgan fingerprint density at radius 2 is 1.61 bits per heavy atom. The normalized spacial score (nSPS) is 14.2. The number of aromatic nitrogens is 5. The standard InChI is InChI=1S/C21H18BrN7O2/c22-16-6-5-15-11-18(23-17(15)12-16)21(31)29-9-7-28(8-10-29)20(30)14-3-1-13(2-4-14)19-24-26-27-25-19/h1-6,11-12,23H,7-10H2,(H,24,25,26,27). The van der Waals surface area contributed by atoms with E-state index in [1.165, 1.54) is 0 Å². The minimum absolute atomic E-state index is 0.0520. The number of nitrogens with one attached hydrogen (secondary N) is 2. The molecule has 31 heavy (non-hydrogen) atoms. The highest BCUT2D eigenvalue weighted by Crippen LogP contribution is 2.22. The van der Waals surface area contributed by atoms with Crippen LogP contribution in [0.3, 0.4) is 0 Å². The summed E-state index contributed by atoms with van der Waals surface area (Å²) in [6.07, 6.45) is 0. The fourth-order valence-electron chi connectivity index (χ4n) is 3.73. The van der Waals surface area contributed by atoms with Crippen LogP contribution in [0.15, 0.2) is 53.0 Å². The summed E-state index contributed by atoms with van der Waals surface area (Å²) in [7, 11) is 0. The molecule has 9 nitrogen and oxygen atoms in total. The molecular weight excluding hydrogens is 462 g/mol. The zero-order chi connectivity index (χ0) is 21.4. The summed E-state index contributed by atoms with van der Waals surface area (Å²) >= 11 is 3.45. The number of nitrogens with zero attached hydrogens (tertiary/aromatic N) is 5. The predicted molar refractivity (Wildman–Crippen MR) is 117 cm³/mol. The van der Waals surface area contributed by atoms with Gasteiger partial charge in [-0.25, -0.2) is 0 Å². The quantitative estimate of drug-likeness (QED) is 0.469. The number of halogens is 1. The van der Waals surface area contributed by atoms with Crippen LogP contribution in [0.1, 0.15) is 20.8 Å². The average molecular weight is 480 g/mol. The Bertz CT molecular complexity index is 1240. The topological polar surface area (TPSA) is 111 Å². The summed E-state index contributed by atoms with van der Waals surface area (Å²) in [5, 5.41) is 14.8. The van der Waals surface area contributed by atoms with Crippen LogP contribution in [-0.2, 0) is 0 Å². The van der Waals surface area contributed by atoms with E-state index in [-0.39, 0.29) is 11.8 Å². The van der Waals surface area contributed by atoms with Gasteiger partial charge in [0.05, 0.1) is 0 Å². The van der Waals surface area contributed by atoms with Gasteiger partial charge in [0.15, 0.2) is 0 Å². The van der Waals surface area contributed by atoms with Crippen molar-refractivity contribution < 1.29 is 9.59 Å². The number of benzene rings is 2. The van der Waals surface area contributed by atoms with Gasteiger partial charge in [-0.2, -0.15) is 5.21 Å². The molecule has 2 aromatic carbocycles. The van der Waals surface area contributed by atoms with Crippen molar-refractivity contribution in [2.45, 2.75) is 0 Å². The van der Waals surface area contributed by atoms with E-state index >= 15 is 0 Å². The fraction of sp³-hybridized carbons (Fsp3) is 0.190. The smallest absolute Gasteiger partial charge is 0.270 e. The fourth-order valence-corrected chi connectivity index (χ4v) is 4.09. The van der Waals surface area contributed by atoms with Crippen LogP contribution in [0.4, 0.5) is 0 Å². The third-order valence-electron chi connectivity index (χ3n) is 5.40. The zero-order valence-electron chi connectivity index (χ0n) is 16.4. The number of H-pyrrole nitrogens is 2. The Morgan fingerprint density at radius 1 is 0.903 bits per heavy atom. The second kappa shape index (κ2) is 7.95. The number of piperazine rings is 1. The van der Waals surface area contributed by atoms with Crippen LogP contribution in [0.2, 0.25) is 0 Å². The molecule has 0 saturated carbocycles. The van der Waals surface area contributed by atoms with Crippen molar-refractivity contribution in [2.75, 3.05) is 26.2 Å². The Labute approximate surface area is 185 Å². The lowest BCUT2D eigenvalue weighted by Gasteiger charge is -2.34. The molecule has 1 aliphatic heterocycles. The van der Waals surface area contributed by atoms with E-state index < -0.39 is 0 Å². The van der Waals surface area contributed by atoms with E-state index in [1.807, 2.05) is 24.3 Å². The molecular formula is C21H18BrN7O2. The summed E-state index contributed by atoms with van der Waals surface area (Å²) in [6, 6.07) is 14.8.